The number of esters is 1. The van der Waals surface area contributed by atoms with Crippen molar-refractivity contribution in [2.75, 3.05) is 20.7 Å². The molecule has 3 aromatic rings. The number of carbonyl (C=O) groups excluding carboxylic acids is 1. The molecule has 0 spiro atoms. The van der Waals surface area contributed by atoms with Gasteiger partial charge in [-0.3, -0.25) is 10.2 Å². The molecule has 1 fully saturated rings. The van der Waals surface area contributed by atoms with Crippen LogP contribution < -0.4 is 10.2 Å². The van der Waals surface area contributed by atoms with E-state index in [2.05, 4.69) is 15.5 Å². The SMILES string of the molecule is CCOC(=O)[C@H]1[C@@H]2Cc3cc(OCc4cc(-c5ccc(C6=NN(C)N(C)N6)cc5F)c(C(F)(F)F)cc4F)ncc3[C@@H]21. The van der Waals surface area contributed by atoms with E-state index >= 15 is 4.39 Å². The summed E-state index contributed by atoms with van der Waals surface area (Å²) in [5, 5.41) is 7.19. The average Bonchev–Trinajstić information content (AvgIpc) is 3.36. The van der Waals surface area contributed by atoms with Gasteiger partial charge in [-0.2, -0.15) is 13.2 Å². The number of halogens is 5. The molecule has 0 bridgehead atoms. The van der Waals surface area contributed by atoms with E-state index in [1.807, 2.05) is 0 Å². The Hall–Kier alpha value is -4.26. The lowest BCUT2D eigenvalue weighted by molar-refractivity contribution is -0.145. The number of benzene rings is 2. The lowest BCUT2D eigenvalue weighted by Gasteiger charge is -2.17. The number of pyridine rings is 1. The molecule has 8 nitrogen and oxygen atoms in total. The van der Waals surface area contributed by atoms with Crippen LogP contribution in [0.1, 0.15) is 40.7 Å². The third-order valence-corrected chi connectivity index (χ3v) is 7.89. The second kappa shape index (κ2) is 10.2. The average molecular weight is 588 g/mol. The van der Waals surface area contributed by atoms with Gasteiger partial charge in [0.1, 0.15) is 18.2 Å². The number of hydrazine groups is 2. The highest BCUT2D eigenvalue weighted by Crippen LogP contribution is 2.61. The van der Waals surface area contributed by atoms with Gasteiger partial charge in [-0.05, 0) is 54.2 Å². The quantitative estimate of drug-likeness (QED) is 0.307. The highest BCUT2D eigenvalue weighted by Gasteiger charge is 2.60. The number of ether oxygens (including phenoxy) is 2. The summed E-state index contributed by atoms with van der Waals surface area (Å²) in [7, 11) is 3.34. The first-order valence-electron chi connectivity index (χ1n) is 13.3. The summed E-state index contributed by atoms with van der Waals surface area (Å²) in [6, 6.07) is 6.71. The smallest absolute Gasteiger partial charge is 0.417 e. The topological polar surface area (TPSA) is 79.3 Å². The predicted octanol–water partition coefficient (Wildman–Crippen LogP) is 5.03. The Labute approximate surface area is 237 Å². The van der Waals surface area contributed by atoms with Crippen molar-refractivity contribution in [2.45, 2.75) is 32.0 Å². The highest BCUT2D eigenvalue weighted by molar-refractivity contribution is 5.99. The van der Waals surface area contributed by atoms with Crippen LogP contribution in [-0.2, 0) is 28.7 Å². The number of hydrogen-bond donors (Lipinski definition) is 1. The van der Waals surface area contributed by atoms with Gasteiger partial charge in [0.25, 0.3) is 0 Å². The van der Waals surface area contributed by atoms with Crippen molar-refractivity contribution >= 4 is 11.8 Å². The van der Waals surface area contributed by atoms with Crippen molar-refractivity contribution in [1.29, 1.82) is 0 Å². The Balaban J connectivity index is 1.24. The van der Waals surface area contributed by atoms with Gasteiger partial charge >= 0.3 is 12.1 Å². The van der Waals surface area contributed by atoms with Crippen LogP contribution in [0.25, 0.3) is 11.1 Å². The van der Waals surface area contributed by atoms with Crippen LogP contribution in [0.3, 0.4) is 0 Å². The number of carbonyl (C=O) groups is 1. The van der Waals surface area contributed by atoms with Crippen molar-refractivity contribution in [2.24, 2.45) is 16.9 Å². The molecule has 0 saturated heterocycles. The zero-order valence-corrected chi connectivity index (χ0v) is 22.8. The Morgan fingerprint density at radius 2 is 1.88 bits per heavy atom. The highest BCUT2D eigenvalue weighted by atomic mass is 19.4. The number of hydrogen-bond acceptors (Lipinski definition) is 8. The fourth-order valence-electron chi connectivity index (χ4n) is 5.71. The van der Waals surface area contributed by atoms with Crippen molar-refractivity contribution in [3.8, 4) is 17.0 Å². The second-order valence-corrected chi connectivity index (χ2v) is 10.4. The summed E-state index contributed by atoms with van der Waals surface area (Å²) in [5.41, 5.74) is 2.73. The molecule has 2 heterocycles. The number of fused-ring (bicyclic) bond motifs is 3. The van der Waals surface area contributed by atoms with Gasteiger partial charge in [-0.1, -0.05) is 12.1 Å². The molecule has 220 valence electrons. The van der Waals surface area contributed by atoms with Crippen LogP contribution in [0.4, 0.5) is 22.0 Å². The van der Waals surface area contributed by atoms with Crippen molar-refractivity contribution < 1.29 is 36.2 Å². The molecular weight excluding hydrogens is 561 g/mol. The number of aromatic nitrogens is 1. The minimum Gasteiger partial charge on any atom is -0.473 e. The van der Waals surface area contributed by atoms with Gasteiger partial charge in [0.2, 0.25) is 5.88 Å². The second-order valence-electron chi connectivity index (χ2n) is 10.4. The first kappa shape index (κ1) is 27.9. The summed E-state index contributed by atoms with van der Waals surface area (Å²) in [6.45, 7) is 1.64. The molecule has 0 unspecified atom stereocenters. The van der Waals surface area contributed by atoms with E-state index < -0.39 is 35.5 Å². The van der Waals surface area contributed by atoms with Gasteiger partial charge in [0.15, 0.2) is 5.84 Å². The molecule has 13 heteroatoms. The summed E-state index contributed by atoms with van der Waals surface area (Å²) < 4.78 is 82.7. The number of alkyl halides is 3. The van der Waals surface area contributed by atoms with E-state index in [1.165, 1.54) is 22.4 Å². The van der Waals surface area contributed by atoms with Gasteiger partial charge in [-0.15, -0.1) is 10.2 Å². The van der Waals surface area contributed by atoms with Crippen molar-refractivity contribution in [1.82, 2.24) is 20.6 Å². The van der Waals surface area contributed by atoms with E-state index in [-0.39, 0.29) is 40.7 Å². The lowest BCUT2D eigenvalue weighted by Crippen LogP contribution is -2.38. The lowest BCUT2D eigenvalue weighted by atomic mass is 9.95. The van der Waals surface area contributed by atoms with Crippen molar-refractivity contribution in [3.63, 3.8) is 0 Å². The van der Waals surface area contributed by atoms with Gasteiger partial charge in [-0.25, -0.2) is 18.9 Å². The van der Waals surface area contributed by atoms with Gasteiger partial charge in [0, 0.05) is 49.0 Å². The third kappa shape index (κ3) is 4.91. The standard InChI is InChI=1S/C29H26F5N5O3/c1-4-41-28(40)26-19-7-15-10-24(35-12-20(15)25(19)26)42-13-16-8-18(21(11-22(16)30)29(32,33)34)17-6-5-14(9-23(17)31)27-36-38(2)39(3)37-27/h5-6,8-12,19,25-26H,4,7,13H2,1-3H3,(H,36,37)/t19-,25-,26+/m1/s1. The zero-order chi connectivity index (χ0) is 29.9. The van der Waals surface area contributed by atoms with E-state index in [1.54, 1.807) is 33.3 Å². The van der Waals surface area contributed by atoms with Crippen LogP contribution in [-0.4, -0.2) is 47.7 Å². The molecule has 3 atom stereocenters. The van der Waals surface area contributed by atoms with E-state index in [9.17, 15) is 22.4 Å². The Kier molecular flexibility index (Phi) is 6.79. The number of nitrogens with one attached hydrogen (secondary N) is 1. The molecular formula is C29H26F5N5O3. The van der Waals surface area contributed by atoms with E-state index in [4.69, 9.17) is 9.47 Å². The summed E-state index contributed by atoms with van der Waals surface area (Å²) >= 11 is 0. The molecule has 1 N–H and O–H groups in total. The molecule has 6 rings (SSSR count). The van der Waals surface area contributed by atoms with Crippen LogP contribution in [0.15, 0.2) is 47.7 Å². The Bertz CT molecular complexity index is 1610. The molecule has 0 radical (unpaired) electrons. The predicted molar refractivity (Wildman–Crippen MR) is 141 cm³/mol. The summed E-state index contributed by atoms with van der Waals surface area (Å²) in [6.07, 6.45) is -2.68. The molecule has 3 aliphatic rings. The minimum atomic E-state index is -4.94. The van der Waals surface area contributed by atoms with Crippen LogP contribution in [0.2, 0.25) is 0 Å². The van der Waals surface area contributed by atoms with Gasteiger partial charge in [0.05, 0.1) is 18.1 Å². The van der Waals surface area contributed by atoms with Crippen LogP contribution >= 0.6 is 0 Å². The molecule has 1 saturated carbocycles. The first-order chi connectivity index (χ1) is 20.0. The summed E-state index contributed by atoms with van der Waals surface area (Å²) in [4.78, 5) is 16.4. The molecule has 2 aromatic carbocycles. The maximum atomic E-state index is 15.3. The van der Waals surface area contributed by atoms with E-state index in [0.29, 0.717) is 30.5 Å². The molecule has 1 aliphatic heterocycles. The number of hydrazone groups is 1. The maximum Gasteiger partial charge on any atom is 0.417 e. The van der Waals surface area contributed by atoms with Crippen LogP contribution in [0.5, 0.6) is 5.88 Å². The monoisotopic (exact) mass is 587 g/mol. The number of nitrogens with zero attached hydrogens (tertiary/aromatic N) is 4. The largest absolute Gasteiger partial charge is 0.473 e. The zero-order valence-electron chi connectivity index (χ0n) is 22.8. The molecule has 42 heavy (non-hydrogen) atoms. The van der Waals surface area contributed by atoms with Crippen LogP contribution in [0, 0.1) is 23.5 Å². The van der Waals surface area contributed by atoms with Crippen molar-refractivity contribution in [3.05, 3.63) is 82.0 Å². The fourth-order valence-corrected chi connectivity index (χ4v) is 5.71. The Morgan fingerprint density at radius 3 is 2.55 bits per heavy atom. The molecule has 2 aliphatic carbocycles. The van der Waals surface area contributed by atoms with E-state index in [0.717, 1.165) is 23.3 Å². The first-order valence-corrected chi connectivity index (χ1v) is 13.3. The third-order valence-electron chi connectivity index (χ3n) is 7.89. The molecule has 1 aromatic heterocycles. The normalized spacial score (nSPS) is 21.0. The fraction of sp³-hybridized carbons (Fsp3) is 0.345. The minimum absolute atomic E-state index is 0.0511. The number of amidine groups is 1. The van der Waals surface area contributed by atoms with Gasteiger partial charge < -0.3 is 9.47 Å². The molecule has 0 amide bonds. The Morgan fingerprint density at radius 1 is 1.10 bits per heavy atom. The maximum absolute atomic E-state index is 15.3. The summed E-state index contributed by atoms with van der Waals surface area (Å²) in [5.74, 6) is -1.80. The number of rotatable bonds is 7.